The third-order valence-electron chi connectivity index (χ3n) is 2.43. The molecular formula is C10H13FN2SSn. The maximum absolute atomic E-state index is 13.9. The fourth-order valence-corrected chi connectivity index (χ4v) is 7.39. The number of halogens is 1. The van der Waals surface area contributed by atoms with Crippen LogP contribution in [-0.4, -0.2) is 27.1 Å². The van der Waals surface area contributed by atoms with Crippen LogP contribution in [0.4, 0.5) is 4.39 Å². The summed E-state index contributed by atoms with van der Waals surface area (Å²) in [5, 5.41) is 0. The van der Waals surface area contributed by atoms with Gasteiger partial charge in [0.1, 0.15) is 0 Å². The van der Waals surface area contributed by atoms with Gasteiger partial charge in [0.2, 0.25) is 0 Å². The molecule has 1 aromatic heterocycles. The third-order valence-corrected chi connectivity index (χ3v) is 8.60. The first-order chi connectivity index (χ1) is 6.91. The summed E-state index contributed by atoms with van der Waals surface area (Å²) < 4.78 is 23.3. The second-order valence-electron chi connectivity index (χ2n) is 4.76. The summed E-state index contributed by atoms with van der Waals surface area (Å²) in [5.74, 6) is -0.0870. The summed E-state index contributed by atoms with van der Waals surface area (Å²) in [6.07, 6.45) is 0. The molecule has 0 amide bonds. The number of rotatable bonds is 1. The predicted octanol–water partition coefficient (Wildman–Crippen LogP) is 2.68. The van der Waals surface area contributed by atoms with E-state index in [1.54, 1.807) is 6.07 Å². The van der Waals surface area contributed by atoms with Crippen LogP contribution in [0, 0.1) is 12.7 Å². The molecule has 80 valence electrons. The van der Waals surface area contributed by atoms with Crippen LogP contribution in [0.15, 0.2) is 6.07 Å². The van der Waals surface area contributed by atoms with E-state index in [2.05, 4.69) is 23.6 Å². The van der Waals surface area contributed by atoms with Gasteiger partial charge < -0.3 is 0 Å². The third kappa shape index (κ3) is 1.89. The zero-order valence-corrected chi connectivity index (χ0v) is 12.9. The van der Waals surface area contributed by atoms with E-state index in [1.807, 2.05) is 6.92 Å². The van der Waals surface area contributed by atoms with Gasteiger partial charge in [0.15, 0.2) is 0 Å². The zero-order chi connectivity index (χ0) is 11.2. The molecule has 0 fully saturated rings. The molecule has 0 aliphatic rings. The number of hydrogen-bond acceptors (Lipinski definition) is 3. The van der Waals surface area contributed by atoms with Crippen LogP contribution in [0.1, 0.15) is 5.56 Å². The first-order valence-corrected chi connectivity index (χ1v) is 15.5. The maximum atomic E-state index is 13.9. The summed E-state index contributed by atoms with van der Waals surface area (Å²) in [6.45, 7) is 1.88. The van der Waals surface area contributed by atoms with Gasteiger partial charge in [-0.25, -0.2) is 0 Å². The number of aryl methyl sites for hydroxylation is 1. The average molecular weight is 331 g/mol. The Balaban J connectivity index is 2.89. The molecule has 1 aromatic carbocycles. The summed E-state index contributed by atoms with van der Waals surface area (Å²) in [4.78, 5) is 6.59. The Morgan fingerprint density at radius 1 is 1.20 bits per heavy atom. The minimum absolute atomic E-state index is 0.0870. The van der Waals surface area contributed by atoms with Crippen LogP contribution in [-0.2, 0) is 0 Å². The molecular weight excluding hydrogens is 318 g/mol. The van der Waals surface area contributed by atoms with Crippen molar-refractivity contribution >= 4 is 44.7 Å². The average Bonchev–Trinajstić information content (AvgIpc) is 2.49. The quantitative estimate of drug-likeness (QED) is 0.751. The molecule has 15 heavy (non-hydrogen) atoms. The molecule has 0 aliphatic carbocycles. The molecule has 0 aliphatic heterocycles. The first kappa shape index (κ1) is 11.3. The van der Waals surface area contributed by atoms with E-state index < -0.39 is 18.4 Å². The minimum atomic E-state index is -2.45. The molecule has 0 N–H and O–H groups in total. The van der Waals surface area contributed by atoms with Crippen molar-refractivity contribution in [3.8, 4) is 0 Å². The SMILES string of the molecule is Cc1cc(F)[c]([Sn]([CH3])([CH3])[CH3])c2nsnc12. The van der Waals surface area contributed by atoms with Crippen LogP contribution < -0.4 is 3.58 Å². The van der Waals surface area contributed by atoms with Crippen molar-refractivity contribution in [1.82, 2.24) is 8.75 Å². The topological polar surface area (TPSA) is 25.8 Å². The van der Waals surface area contributed by atoms with Crippen LogP contribution in [0.2, 0.25) is 14.8 Å². The Morgan fingerprint density at radius 3 is 2.40 bits per heavy atom. The van der Waals surface area contributed by atoms with Crippen molar-refractivity contribution in [3.63, 3.8) is 0 Å². The molecule has 2 aromatic rings. The Bertz CT molecular complexity index is 516. The molecule has 0 saturated carbocycles. The van der Waals surface area contributed by atoms with E-state index in [1.165, 1.54) is 11.7 Å². The second-order valence-corrected chi connectivity index (χ2v) is 19.6. The Kier molecular flexibility index (Phi) is 2.75. The van der Waals surface area contributed by atoms with Crippen LogP contribution in [0.25, 0.3) is 11.0 Å². The van der Waals surface area contributed by atoms with Crippen molar-refractivity contribution in [2.24, 2.45) is 0 Å². The van der Waals surface area contributed by atoms with Gasteiger partial charge in [0, 0.05) is 0 Å². The summed E-state index contributed by atoms with van der Waals surface area (Å²) >= 11 is -1.27. The van der Waals surface area contributed by atoms with Gasteiger partial charge in [-0.05, 0) is 0 Å². The molecule has 5 heteroatoms. The number of nitrogens with zero attached hydrogens (tertiary/aromatic N) is 2. The standard InChI is InChI=1S/C7H4FN2S.3CH3.Sn/c1-4-2-5(8)3-6-7(4)10-11-9-6;;;;/h2H,1H3;3*1H3;. The predicted molar refractivity (Wildman–Crippen MR) is 65.1 cm³/mol. The molecule has 0 bridgehead atoms. The molecule has 2 nitrogen and oxygen atoms in total. The fraction of sp³-hybridized carbons (Fsp3) is 0.400. The molecule has 0 spiro atoms. The van der Waals surface area contributed by atoms with E-state index in [-0.39, 0.29) is 5.82 Å². The summed E-state index contributed by atoms with van der Waals surface area (Å²) in [5.41, 5.74) is 2.57. The van der Waals surface area contributed by atoms with Crippen LogP contribution >= 0.6 is 11.7 Å². The molecule has 0 atom stereocenters. The van der Waals surface area contributed by atoms with E-state index >= 15 is 0 Å². The Labute approximate surface area is 96.7 Å². The van der Waals surface area contributed by atoms with Crippen molar-refractivity contribution in [1.29, 1.82) is 0 Å². The number of hydrogen-bond donors (Lipinski definition) is 0. The normalized spacial score (nSPS) is 12.3. The number of aromatic nitrogens is 2. The van der Waals surface area contributed by atoms with E-state index in [4.69, 9.17) is 0 Å². The van der Waals surface area contributed by atoms with E-state index in [0.717, 1.165) is 20.2 Å². The molecule has 0 saturated heterocycles. The van der Waals surface area contributed by atoms with Crippen molar-refractivity contribution in [2.75, 3.05) is 0 Å². The van der Waals surface area contributed by atoms with Gasteiger partial charge in [0.05, 0.1) is 0 Å². The van der Waals surface area contributed by atoms with Gasteiger partial charge in [-0.1, -0.05) is 0 Å². The fourth-order valence-electron chi connectivity index (χ4n) is 1.77. The number of benzene rings is 1. The van der Waals surface area contributed by atoms with Gasteiger partial charge >= 0.3 is 97.0 Å². The molecule has 2 rings (SSSR count). The van der Waals surface area contributed by atoms with Gasteiger partial charge in [-0.15, -0.1) is 0 Å². The zero-order valence-electron chi connectivity index (χ0n) is 9.26. The van der Waals surface area contributed by atoms with E-state index in [9.17, 15) is 4.39 Å². The van der Waals surface area contributed by atoms with Gasteiger partial charge in [-0.2, -0.15) is 0 Å². The molecule has 0 unspecified atom stereocenters. The Morgan fingerprint density at radius 2 is 1.80 bits per heavy atom. The summed E-state index contributed by atoms with van der Waals surface area (Å²) in [6, 6.07) is 1.60. The van der Waals surface area contributed by atoms with Crippen molar-refractivity contribution < 1.29 is 4.39 Å². The Hall–Kier alpha value is -0.231. The van der Waals surface area contributed by atoms with Crippen molar-refractivity contribution in [2.45, 2.75) is 21.7 Å². The molecule has 1 heterocycles. The first-order valence-electron chi connectivity index (χ1n) is 4.83. The summed E-state index contributed by atoms with van der Waals surface area (Å²) in [7, 11) is 0. The van der Waals surface area contributed by atoms with Crippen molar-refractivity contribution in [3.05, 3.63) is 17.4 Å². The van der Waals surface area contributed by atoms with Crippen LogP contribution in [0.3, 0.4) is 0 Å². The van der Waals surface area contributed by atoms with Gasteiger partial charge in [0.25, 0.3) is 0 Å². The van der Waals surface area contributed by atoms with Crippen LogP contribution in [0.5, 0.6) is 0 Å². The molecule has 0 radical (unpaired) electrons. The second kappa shape index (κ2) is 3.66. The van der Waals surface area contributed by atoms with E-state index in [0.29, 0.717) is 0 Å². The number of fused-ring (bicyclic) bond motifs is 1. The van der Waals surface area contributed by atoms with Gasteiger partial charge in [-0.3, -0.25) is 0 Å². The monoisotopic (exact) mass is 332 g/mol.